The zero-order valence-corrected chi connectivity index (χ0v) is 14.1. The van der Waals surface area contributed by atoms with Crippen molar-refractivity contribution in [2.24, 2.45) is 0 Å². The van der Waals surface area contributed by atoms with Crippen molar-refractivity contribution in [3.05, 3.63) is 83.7 Å². The van der Waals surface area contributed by atoms with Gasteiger partial charge in [-0.3, -0.25) is 0 Å². The molecule has 2 aromatic carbocycles. The molecule has 3 nitrogen and oxygen atoms in total. The largest absolute Gasteiger partial charge is 0.352 e. The standard InChI is InChI=1S/C21H22N2O/c1-16-7-9-19(10-8-16)23-13-14-24-21(23)18-11-12-22(15-18)20-6-4-3-5-17(20)2/h3-12,15,21H,13-14H2,1-2H3. The fourth-order valence-electron chi connectivity index (χ4n) is 3.31. The summed E-state index contributed by atoms with van der Waals surface area (Å²) in [6.07, 6.45) is 4.28. The van der Waals surface area contributed by atoms with Gasteiger partial charge in [0, 0.05) is 35.9 Å². The second-order valence-electron chi connectivity index (χ2n) is 6.39. The first-order valence-electron chi connectivity index (χ1n) is 8.41. The van der Waals surface area contributed by atoms with E-state index in [4.69, 9.17) is 4.74 Å². The molecule has 24 heavy (non-hydrogen) atoms. The molecule has 0 N–H and O–H groups in total. The van der Waals surface area contributed by atoms with Gasteiger partial charge in [0.25, 0.3) is 0 Å². The highest BCUT2D eigenvalue weighted by molar-refractivity contribution is 5.50. The van der Waals surface area contributed by atoms with E-state index in [0.29, 0.717) is 0 Å². The Labute approximate surface area is 143 Å². The van der Waals surface area contributed by atoms with Crippen LogP contribution in [0, 0.1) is 13.8 Å². The number of hydrogen-bond donors (Lipinski definition) is 0. The zero-order chi connectivity index (χ0) is 16.5. The van der Waals surface area contributed by atoms with Crippen molar-refractivity contribution >= 4 is 5.69 Å². The number of aryl methyl sites for hydroxylation is 2. The van der Waals surface area contributed by atoms with Crippen molar-refractivity contribution in [2.45, 2.75) is 20.1 Å². The number of hydrogen-bond acceptors (Lipinski definition) is 2. The Hall–Kier alpha value is -2.52. The van der Waals surface area contributed by atoms with Crippen LogP contribution < -0.4 is 4.90 Å². The lowest BCUT2D eigenvalue weighted by molar-refractivity contribution is 0.114. The fraction of sp³-hybridized carbons (Fsp3) is 0.238. The van der Waals surface area contributed by atoms with Gasteiger partial charge in [-0.1, -0.05) is 35.9 Å². The van der Waals surface area contributed by atoms with Gasteiger partial charge in [0.05, 0.1) is 6.61 Å². The maximum Gasteiger partial charge on any atom is 0.158 e. The summed E-state index contributed by atoms with van der Waals surface area (Å²) >= 11 is 0. The lowest BCUT2D eigenvalue weighted by atomic mass is 10.2. The molecule has 1 aliphatic rings. The van der Waals surface area contributed by atoms with Crippen molar-refractivity contribution in [1.82, 2.24) is 4.57 Å². The molecule has 0 radical (unpaired) electrons. The minimum Gasteiger partial charge on any atom is -0.352 e. The molecule has 0 aliphatic carbocycles. The third kappa shape index (κ3) is 2.72. The first-order valence-corrected chi connectivity index (χ1v) is 8.41. The van der Waals surface area contributed by atoms with Crippen LogP contribution in [0.3, 0.4) is 0 Å². The van der Waals surface area contributed by atoms with Crippen LogP contribution in [0.5, 0.6) is 0 Å². The fourth-order valence-corrected chi connectivity index (χ4v) is 3.31. The van der Waals surface area contributed by atoms with Gasteiger partial charge in [-0.2, -0.15) is 0 Å². The molecule has 3 heteroatoms. The molecule has 122 valence electrons. The summed E-state index contributed by atoms with van der Waals surface area (Å²) in [6.45, 7) is 5.93. The smallest absolute Gasteiger partial charge is 0.158 e. The van der Waals surface area contributed by atoms with Gasteiger partial charge in [0.15, 0.2) is 6.23 Å². The van der Waals surface area contributed by atoms with E-state index in [0.717, 1.165) is 13.2 Å². The van der Waals surface area contributed by atoms with Crippen molar-refractivity contribution < 1.29 is 4.74 Å². The number of aromatic nitrogens is 1. The number of nitrogens with zero attached hydrogens (tertiary/aromatic N) is 2. The third-order valence-electron chi connectivity index (χ3n) is 4.65. The molecular formula is C21H22N2O. The lowest BCUT2D eigenvalue weighted by Crippen LogP contribution is -2.22. The summed E-state index contributed by atoms with van der Waals surface area (Å²) in [7, 11) is 0. The molecule has 3 aromatic rings. The Kier molecular flexibility index (Phi) is 3.87. The molecule has 1 saturated heterocycles. The van der Waals surface area contributed by atoms with Gasteiger partial charge in [0.1, 0.15) is 0 Å². The van der Waals surface area contributed by atoms with Crippen molar-refractivity contribution in [3.63, 3.8) is 0 Å². The third-order valence-corrected chi connectivity index (χ3v) is 4.65. The summed E-state index contributed by atoms with van der Waals surface area (Å²) in [5, 5.41) is 0. The van der Waals surface area contributed by atoms with E-state index >= 15 is 0 Å². The van der Waals surface area contributed by atoms with Crippen LogP contribution in [-0.2, 0) is 4.74 Å². The summed E-state index contributed by atoms with van der Waals surface area (Å²) in [4.78, 5) is 2.33. The summed E-state index contributed by atoms with van der Waals surface area (Å²) in [6, 6.07) is 19.3. The van der Waals surface area contributed by atoms with Crippen molar-refractivity contribution in [2.75, 3.05) is 18.1 Å². The van der Waals surface area contributed by atoms with Crippen LogP contribution in [0.15, 0.2) is 67.0 Å². The Morgan fingerprint density at radius 1 is 0.958 bits per heavy atom. The first-order chi connectivity index (χ1) is 11.7. The van der Waals surface area contributed by atoms with E-state index in [1.807, 2.05) is 0 Å². The minimum atomic E-state index is -0.0158. The summed E-state index contributed by atoms with van der Waals surface area (Å²) in [5.41, 5.74) is 6.16. The van der Waals surface area contributed by atoms with Crippen LogP contribution in [0.25, 0.3) is 5.69 Å². The highest BCUT2D eigenvalue weighted by Gasteiger charge is 2.27. The van der Waals surface area contributed by atoms with E-state index < -0.39 is 0 Å². The minimum absolute atomic E-state index is 0.0158. The van der Waals surface area contributed by atoms with E-state index in [2.05, 4.69) is 90.3 Å². The number of anilines is 1. The van der Waals surface area contributed by atoms with Crippen molar-refractivity contribution in [1.29, 1.82) is 0 Å². The molecular weight excluding hydrogens is 296 g/mol. The molecule has 0 amide bonds. The van der Waals surface area contributed by atoms with E-state index in [-0.39, 0.29) is 6.23 Å². The Bertz CT molecular complexity index is 835. The summed E-state index contributed by atoms with van der Waals surface area (Å²) < 4.78 is 8.21. The second kappa shape index (κ2) is 6.17. The molecule has 1 fully saturated rings. The predicted molar refractivity (Wildman–Crippen MR) is 97.7 cm³/mol. The Morgan fingerprint density at radius 2 is 1.75 bits per heavy atom. The molecule has 0 saturated carbocycles. The van der Waals surface area contributed by atoms with Gasteiger partial charge in [0.2, 0.25) is 0 Å². The van der Waals surface area contributed by atoms with Crippen LogP contribution in [0.2, 0.25) is 0 Å². The van der Waals surface area contributed by atoms with Gasteiger partial charge in [-0.15, -0.1) is 0 Å². The zero-order valence-electron chi connectivity index (χ0n) is 14.1. The molecule has 1 atom stereocenters. The van der Waals surface area contributed by atoms with Gasteiger partial charge < -0.3 is 14.2 Å². The van der Waals surface area contributed by atoms with E-state index in [9.17, 15) is 0 Å². The Morgan fingerprint density at radius 3 is 2.54 bits per heavy atom. The molecule has 1 aliphatic heterocycles. The van der Waals surface area contributed by atoms with Crippen LogP contribution in [-0.4, -0.2) is 17.7 Å². The van der Waals surface area contributed by atoms with Gasteiger partial charge in [-0.25, -0.2) is 0 Å². The topological polar surface area (TPSA) is 17.4 Å². The van der Waals surface area contributed by atoms with Crippen LogP contribution in [0.4, 0.5) is 5.69 Å². The number of para-hydroxylation sites is 1. The monoisotopic (exact) mass is 318 g/mol. The average Bonchev–Trinajstić information content (AvgIpc) is 3.25. The normalized spacial score (nSPS) is 17.4. The Balaban J connectivity index is 1.64. The highest BCUT2D eigenvalue weighted by atomic mass is 16.5. The highest BCUT2D eigenvalue weighted by Crippen LogP contribution is 2.33. The first kappa shape index (κ1) is 15.0. The van der Waals surface area contributed by atoms with Crippen LogP contribution in [0.1, 0.15) is 22.9 Å². The van der Waals surface area contributed by atoms with Crippen molar-refractivity contribution in [3.8, 4) is 5.69 Å². The average molecular weight is 318 g/mol. The van der Waals surface area contributed by atoms with E-state index in [1.54, 1.807) is 0 Å². The molecule has 2 heterocycles. The number of benzene rings is 2. The van der Waals surface area contributed by atoms with E-state index in [1.165, 1.54) is 28.1 Å². The molecule has 1 aromatic heterocycles. The molecule has 0 spiro atoms. The van der Waals surface area contributed by atoms with Gasteiger partial charge >= 0.3 is 0 Å². The SMILES string of the molecule is Cc1ccc(N2CCOC2c2ccn(-c3ccccc3C)c2)cc1. The molecule has 1 unspecified atom stereocenters. The number of ether oxygens (including phenoxy) is 1. The maximum absolute atomic E-state index is 6.03. The lowest BCUT2D eigenvalue weighted by Gasteiger charge is -2.24. The quantitative estimate of drug-likeness (QED) is 0.700. The second-order valence-corrected chi connectivity index (χ2v) is 6.39. The predicted octanol–water partition coefficient (Wildman–Crippen LogP) is 4.63. The maximum atomic E-state index is 6.03. The summed E-state index contributed by atoms with van der Waals surface area (Å²) in [5.74, 6) is 0. The molecule has 4 rings (SSSR count). The molecule has 0 bridgehead atoms. The van der Waals surface area contributed by atoms with Gasteiger partial charge in [-0.05, 0) is 43.7 Å². The van der Waals surface area contributed by atoms with Crippen LogP contribution >= 0.6 is 0 Å². The number of rotatable bonds is 3.